The van der Waals surface area contributed by atoms with Gasteiger partial charge < -0.3 is 9.30 Å². The highest BCUT2D eigenvalue weighted by Gasteiger charge is 2.25. The molecular weight excluding hydrogens is 272 g/mol. The molecule has 0 unspecified atom stereocenters. The lowest BCUT2D eigenvalue weighted by molar-refractivity contribution is 0.102. The van der Waals surface area contributed by atoms with E-state index in [0.717, 1.165) is 43.3 Å². The highest BCUT2D eigenvalue weighted by atomic mass is 16.5. The molecule has 1 aromatic carbocycles. The second-order valence-electron chi connectivity index (χ2n) is 6.90. The lowest BCUT2D eigenvalue weighted by Gasteiger charge is -2.22. The van der Waals surface area contributed by atoms with E-state index in [1.807, 2.05) is 0 Å². The number of hydrogen-bond acceptors (Lipinski definition) is 2. The van der Waals surface area contributed by atoms with Crippen LogP contribution in [0.15, 0.2) is 24.3 Å². The second-order valence-corrected chi connectivity index (χ2v) is 6.90. The lowest BCUT2D eigenvalue weighted by Crippen LogP contribution is -2.13. The van der Waals surface area contributed by atoms with Gasteiger partial charge in [0.2, 0.25) is 0 Å². The van der Waals surface area contributed by atoms with Gasteiger partial charge in [0.25, 0.3) is 0 Å². The molecule has 1 saturated carbocycles. The number of ether oxygens (including phenoxy) is 1. The van der Waals surface area contributed by atoms with Crippen molar-refractivity contribution in [1.82, 2.24) is 9.55 Å². The minimum absolute atomic E-state index is 0.207. The van der Waals surface area contributed by atoms with E-state index < -0.39 is 0 Å². The van der Waals surface area contributed by atoms with Gasteiger partial charge in [0.05, 0.1) is 11.0 Å². The molecule has 118 valence electrons. The van der Waals surface area contributed by atoms with E-state index in [0.29, 0.717) is 0 Å². The molecule has 1 atom stereocenters. The molecule has 1 aliphatic heterocycles. The fraction of sp³-hybridized carbons (Fsp3) is 0.632. The summed E-state index contributed by atoms with van der Waals surface area (Å²) in [4.78, 5) is 4.90. The van der Waals surface area contributed by atoms with Crippen molar-refractivity contribution in [2.75, 3.05) is 6.61 Å². The molecule has 2 heterocycles. The Morgan fingerprint density at radius 1 is 1.05 bits per heavy atom. The fourth-order valence-electron chi connectivity index (χ4n) is 4.14. The van der Waals surface area contributed by atoms with Gasteiger partial charge in [0.15, 0.2) is 0 Å². The van der Waals surface area contributed by atoms with Crippen LogP contribution in [0.5, 0.6) is 0 Å². The number of benzene rings is 1. The summed E-state index contributed by atoms with van der Waals surface area (Å²) < 4.78 is 8.36. The largest absolute Gasteiger partial charge is 0.370 e. The molecule has 2 aromatic rings. The molecule has 2 fully saturated rings. The summed E-state index contributed by atoms with van der Waals surface area (Å²) in [7, 11) is 0. The number of rotatable bonds is 4. The zero-order valence-electron chi connectivity index (χ0n) is 13.3. The summed E-state index contributed by atoms with van der Waals surface area (Å²) in [6, 6.07) is 8.55. The van der Waals surface area contributed by atoms with Gasteiger partial charge in [-0.2, -0.15) is 0 Å². The Balaban J connectivity index is 1.60. The van der Waals surface area contributed by atoms with Gasteiger partial charge in [-0.05, 0) is 37.3 Å². The third kappa shape index (κ3) is 2.79. The summed E-state index contributed by atoms with van der Waals surface area (Å²) in [6.07, 6.45) is 10.9. The van der Waals surface area contributed by atoms with E-state index in [1.165, 1.54) is 44.0 Å². The zero-order chi connectivity index (χ0) is 14.8. The molecule has 0 radical (unpaired) electrons. The number of para-hydroxylation sites is 2. The SMILES string of the molecule is c1ccc2c(c1)nc([C@H]1CCCO1)n2CCC1CCCCC1. The third-order valence-corrected chi connectivity index (χ3v) is 5.39. The number of nitrogens with zero attached hydrogens (tertiary/aromatic N) is 2. The van der Waals surface area contributed by atoms with Crippen LogP contribution in [0.3, 0.4) is 0 Å². The minimum Gasteiger partial charge on any atom is -0.370 e. The molecule has 1 saturated heterocycles. The van der Waals surface area contributed by atoms with Gasteiger partial charge in [-0.25, -0.2) is 4.98 Å². The molecule has 1 aromatic heterocycles. The van der Waals surface area contributed by atoms with E-state index in [1.54, 1.807) is 0 Å². The third-order valence-electron chi connectivity index (χ3n) is 5.39. The van der Waals surface area contributed by atoms with Crippen LogP contribution >= 0.6 is 0 Å². The van der Waals surface area contributed by atoms with Crippen molar-refractivity contribution < 1.29 is 4.74 Å². The van der Waals surface area contributed by atoms with Gasteiger partial charge in [-0.1, -0.05) is 44.2 Å². The average Bonchev–Trinajstić information content (AvgIpc) is 3.21. The molecular formula is C19H26N2O. The normalized spacial score (nSPS) is 23.4. The Kier molecular flexibility index (Phi) is 4.15. The lowest BCUT2D eigenvalue weighted by atomic mass is 9.87. The highest BCUT2D eigenvalue weighted by Crippen LogP contribution is 2.32. The van der Waals surface area contributed by atoms with E-state index in [4.69, 9.17) is 9.72 Å². The van der Waals surface area contributed by atoms with Crippen LogP contribution < -0.4 is 0 Å². The van der Waals surface area contributed by atoms with Crippen LogP contribution in [-0.4, -0.2) is 16.2 Å². The van der Waals surface area contributed by atoms with Crippen LogP contribution in [-0.2, 0) is 11.3 Å². The molecule has 0 spiro atoms. The molecule has 22 heavy (non-hydrogen) atoms. The molecule has 0 bridgehead atoms. The van der Waals surface area contributed by atoms with Gasteiger partial charge in [-0.3, -0.25) is 0 Å². The molecule has 0 N–H and O–H groups in total. The number of aromatic nitrogens is 2. The van der Waals surface area contributed by atoms with E-state index in [2.05, 4.69) is 28.8 Å². The Morgan fingerprint density at radius 2 is 1.91 bits per heavy atom. The van der Waals surface area contributed by atoms with E-state index >= 15 is 0 Å². The van der Waals surface area contributed by atoms with Crippen LogP contribution in [0.2, 0.25) is 0 Å². The van der Waals surface area contributed by atoms with Gasteiger partial charge in [0, 0.05) is 13.2 Å². The van der Waals surface area contributed by atoms with Crippen molar-refractivity contribution in [3.63, 3.8) is 0 Å². The molecule has 1 aliphatic carbocycles. The van der Waals surface area contributed by atoms with E-state index in [9.17, 15) is 0 Å². The van der Waals surface area contributed by atoms with Crippen molar-refractivity contribution in [1.29, 1.82) is 0 Å². The van der Waals surface area contributed by atoms with Gasteiger partial charge >= 0.3 is 0 Å². The number of imidazole rings is 1. The predicted molar refractivity (Wildman–Crippen MR) is 88.9 cm³/mol. The summed E-state index contributed by atoms with van der Waals surface area (Å²) in [6.45, 7) is 1.98. The van der Waals surface area contributed by atoms with Crippen LogP contribution in [0.1, 0.15) is 63.3 Å². The maximum Gasteiger partial charge on any atom is 0.139 e. The Labute approximate surface area is 132 Å². The standard InChI is InChI=1S/C19H26N2O/c1-2-7-15(8-3-1)12-13-21-17-10-5-4-9-16(17)20-19(21)18-11-6-14-22-18/h4-5,9-10,15,18H,1-3,6-8,11-14H2/t18-/m1/s1. The Hall–Kier alpha value is -1.35. The summed E-state index contributed by atoms with van der Waals surface area (Å²) in [5.41, 5.74) is 2.40. The van der Waals surface area contributed by atoms with Crippen LogP contribution in [0.4, 0.5) is 0 Å². The zero-order valence-corrected chi connectivity index (χ0v) is 13.3. The quantitative estimate of drug-likeness (QED) is 0.806. The first-order chi connectivity index (χ1) is 10.9. The fourth-order valence-corrected chi connectivity index (χ4v) is 4.14. The van der Waals surface area contributed by atoms with Gasteiger partial charge in [-0.15, -0.1) is 0 Å². The first-order valence-electron chi connectivity index (χ1n) is 8.98. The number of hydrogen-bond donors (Lipinski definition) is 0. The maximum absolute atomic E-state index is 5.92. The van der Waals surface area contributed by atoms with Crippen molar-refractivity contribution >= 4 is 11.0 Å². The second kappa shape index (κ2) is 6.41. The monoisotopic (exact) mass is 298 g/mol. The Bertz CT molecular complexity index is 621. The van der Waals surface area contributed by atoms with Crippen molar-refractivity contribution in [2.45, 2.75) is 64.0 Å². The summed E-state index contributed by atoms with van der Waals surface area (Å²) in [5, 5.41) is 0. The Morgan fingerprint density at radius 3 is 2.73 bits per heavy atom. The molecule has 3 nitrogen and oxygen atoms in total. The first kappa shape index (κ1) is 14.3. The molecule has 3 heteroatoms. The number of fused-ring (bicyclic) bond motifs is 1. The molecule has 0 amide bonds. The van der Waals surface area contributed by atoms with Crippen LogP contribution in [0, 0.1) is 5.92 Å². The maximum atomic E-state index is 5.92. The molecule has 2 aliphatic rings. The summed E-state index contributed by atoms with van der Waals surface area (Å²) in [5.74, 6) is 2.07. The van der Waals surface area contributed by atoms with Crippen molar-refractivity contribution in [2.24, 2.45) is 5.92 Å². The van der Waals surface area contributed by atoms with Crippen molar-refractivity contribution in [3.05, 3.63) is 30.1 Å². The minimum atomic E-state index is 0.207. The topological polar surface area (TPSA) is 27.1 Å². The summed E-state index contributed by atoms with van der Waals surface area (Å²) >= 11 is 0. The van der Waals surface area contributed by atoms with Crippen LogP contribution in [0.25, 0.3) is 11.0 Å². The van der Waals surface area contributed by atoms with Crippen molar-refractivity contribution in [3.8, 4) is 0 Å². The first-order valence-corrected chi connectivity index (χ1v) is 8.98. The smallest absolute Gasteiger partial charge is 0.139 e. The highest BCUT2D eigenvalue weighted by molar-refractivity contribution is 5.76. The average molecular weight is 298 g/mol. The predicted octanol–water partition coefficient (Wildman–Crippen LogP) is 4.86. The van der Waals surface area contributed by atoms with Gasteiger partial charge in [0.1, 0.15) is 11.9 Å². The van der Waals surface area contributed by atoms with E-state index in [-0.39, 0.29) is 6.10 Å². The number of aryl methyl sites for hydroxylation is 1. The molecule has 4 rings (SSSR count).